The summed E-state index contributed by atoms with van der Waals surface area (Å²) in [5, 5.41) is 0. The van der Waals surface area contributed by atoms with Crippen molar-refractivity contribution in [3.05, 3.63) is 101 Å². The van der Waals surface area contributed by atoms with Crippen molar-refractivity contribution in [1.29, 1.82) is 0 Å². The molecule has 1 heterocycles. The minimum absolute atomic E-state index is 0.585. The zero-order valence-corrected chi connectivity index (χ0v) is 14.7. The van der Waals surface area contributed by atoms with Gasteiger partial charge in [-0.15, -0.1) is 0 Å². The molecule has 3 nitrogen and oxygen atoms in total. The Bertz CT molecular complexity index is 782. The Labute approximate surface area is 150 Å². The summed E-state index contributed by atoms with van der Waals surface area (Å²) in [6.07, 6.45) is 0. The summed E-state index contributed by atoms with van der Waals surface area (Å²) < 4.78 is 0. The van der Waals surface area contributed by atoms with Gasteiger partial charge in [0.15, 0.2) is 0 Å². The highest BCUT2D eigenvalue weighted by Gasteiger charge is 2.09. The molecule has 0 atom stereocenters. The summed E-state index contributed by atoms with van der Waals surface area (Å²) in [7, 11) is 0. The maximum Gasteiger partial charge on any atom is 0.0547 e. The first kappa shape index (κ1) is 17.3. The molecule has 0 aliphatic carbocycles. The highest BCUT2D eigenvalue weighted by molar-refractivity contribution is 5.23. The normalized spacial score (nSPS) is 11.0. The highest BCUT2D eigenvalue weighted by atomic mass is 15.1. The number of benzene rings is 2. The van der Waals surface area contributed by atoms with Crippen molar-refractivity contribution in [1.82, 2.24) is 9.88 Å². The van der Waals surface area contributed by atoms with Gasteiger partial charge in [0.1, 0.15) is 0 Å². The number of hydrogen-bond acceptors (Lipinski definition) is 3. The fraction of sp³-hybridized carbons (Fsp3) is 0.227. The van der Waals surface area contributed by atoms with Crippen LogP contribution in [-0.4, -0.2) is 9.88 Å². The van der Waals surface area contributed by atoms with Crippen LogP contribution in [0.15, 0.2) is 72.8 Å². The number of nitrogens with two attached hydrogens (primary N) is 1. The minimum atomic E-state index is 0.585. The van der Waals surface area contributed by atoms with E-state index in [2.05, 4.69) is 76.6 Å². The van der Waals surface area contributed by atoms with Crippen molar-refractivity contribution in [2.75, 3.05) is 0 Å². The van der Waals surface area contributed by atoms with Crippen LogP contribution in [0, 0.1) is 6.92 Å². The van der Waals surface area contributed by atoms with E-state index in [-0.39, 0.29) is 0 Å². The Morgan fingerprint density at radius 2 is 1.36 bits per heavy atom. The van der Waals surface area contributed by atoms with E-state index in [9.17, 15) is 0 Å². The van der Waals surface area contributed by atoms with Gasteiger partial charge in [0.2, 0.25) is 0 Å². The standard InChI is InChI=1S/C22H25N3/c1-18-6-5-9-22(24-18)17-25(15-20-7-3-2-4-8-20)16-21-12-10-19(14-23)11-13-21/h2-13H,14-17,23H2,1H3. The summed E-state index contributed by atoms with van der Waals surface area (Å²) in [4.78, 5) is 7.09. The van der Waals surface area contributed by atoms with Gasteiger partial charge in [-0.3, -0.25) is 9.88 Å². The largest absolute Gasteiger partial charge is 0.326 e. The van der Waals surface area contributed by atoms with Crippen LogP contribution in [0.25, 0.3) is 0 Å². The predicted molar refractivity (Wildman–Crippen MR) is 103 cm³/mol. The molecule has 0 spiro atoms. The van der Waals surface area contributed by atoms with Crippen molar-refractivity contribution < 1.29 is 0 Å². The number of pyridine rings is 1. The maximum absolute atomic E-state index is 5.70. The van der Waals surface area contributed by atoms with Crippen LogP contribution >= 0.6 is 0 Å². The lowest BCUT2D eigenvalue weighted by molar-refractivity contribution is 0.244. The topological polar surface area (TPSA) is 42.1 Å². The average molecular weight is 331 g/mol. The van der Waals surface area contributed by atoms with E-state index >= 15 is 0 Å². The molecule has 0 fully saturated rings. The molecule has 25 heavy (non-hydrogen) atoms. The van der Waals surface area contributed by atoms with Gasteiger partial charge in [-0.1, -0.05) is 60.7 Å². The van der Waals surface area contributed by atoms with Gasteiger partial charge >= 0.3 is 0 Å². The van der Waals surface area contributed by atoms with Gasteiger partial charge in [-0.2, -0.15) is 0 Å². The number of aryl methyl sites for hydroxylation is 1. The van der Waals surface area contributed by atoms with Crippen molar-refractivity contribution in [3.8, 4) is 0 Å². The number of nitrogens with zero attached hydrogens (tertiary/aromatic N) is 2. The number of rotatable bonds is 7. The van der Waals surface area contributed by atoms with Gasteiger partial charge < -0.3 is 5.73 Å². The van der Waals surface area contributed by atoms with E-state index in [1.54, 1.807) is 0 Å². The van der Waals surface area contributed by atoms with Gasteiger partial charge in [-0.25, -0.2) is 0 Å². The first-order valence-electron chi connectivity index (χ1n) is 8.69. The molecule has 3 rings (SSSR count). The second kappa shape index (κ2) is 8.56. The molecular weight excluding hydrogens is 306 g/mol. The molecule has 0 aliphatic heterocycles. The zero-order valence-electron chi connectivity index (χ0n) is 14.7. The van der Waals surface area contributed by atoms with Crippen LogP contribution in [0.4, 0.5) is 0 Å². The number of hydrogen-bond donors (Lipinski definition) is 1. The Morgan fingerprint density at radius 1 is 0.720 bits per heavy atom. The van der Waals surface area contributed by atoms with Gasteiger partial charge in [-0.05, 0) is 35.7 Å². The van der Waals surface area contributed by atoms with E-state index in [0.29, 0.717) is 6.54 Å². The molecule has 0 bridgehead atoms. The Kier molecular flexibility index (Phi) is 5.94. The predicted octanol–water partition coefficient (Wildman–Crippen LogP) is 4.05. The summed E-state index contributed by atoms with van der Waals surface area (Å²) in [6.45, 7) is 5.23. The smallest absolute Gasteiger partial charge is 0.0547 e. The summed E-state index contributed by atoms with van der Waals surface area (Å²) in [6, 6.07) is 25.4. The molecule has 2 N–H and O–H groups in total. The third-order valence-corrected chi connectivity index (χ3v) is 4.25. The Morgan fingerprint density at radius 3 is 2.00 bits per heavy atom. The van der Waals surface area contributed by atoms with Crippen LogP contribution < -0.4 is 5.73 Å². The third-order valence-electron chi connectivity index (χ3n) is 4.25. The second-order valence-corrected chi connectivity index (χ2v) is 6.42. The molecule has 3 aromatic rings. The first-order valence-corrected chi connectivity index (χ1v) is 8.69. The lowest BCUT2D eigenvalue weighted by Gasteiger charge is -2.22. The van der Waals surface area contributed by atoms with E-state index in [4.69, 9.17) is 5.73 Å². The van der Waals surface area contributed by atoms with Gasteiger partial charge in [0.05, 0.1) is 5.69 Å². The van der Waals surface area contributed by atoms with Crippen LogP contribution in [0.5, 0.6) is 0 Å². The van der Waals surface area contributed by atoms with Gasteiger partial charge in [0, 0.05) is 31.9 Å². The van der Waals surface area contributed by atoms with Crippen LogP contribution in [-0.2, 0) is 26.2 Å². The number of aromatic nitrogens is 1. The second-order valence-electron chi connectivity index (χ2n) is 6.42. The molecule has 2 aromatic carbocycles. The molecule has 128 valence electrons. The Hall–Kier alpha value is -2.49. The molecular formula is C22H25N3. The summed E-state index contributed by atoms with van der Waals surface area (Å²) >= 11 is 0. The van der Waals surface area contributed by atoms with Crippen LogP contribution in [0.1, 0.15) is 28.1 Å². The lowest BCUT2D eigenvalue weighted by Crippen LogP contribution is -2.23. The molecule has 0 amide bonds. The molecule has 1 aromatic heterocycles. The fourth-order valence-electron chi connectivity index (χ4n) is 2.96. The maximum atomic E-state index is 5.70. The lowest BCUT2D eigenvalue weighted by atomic mass is 10.1. The van der Waals surface area contributed by atoms with E-state index < -0.39 is 0 Å². The van der Waals surface area contributed by atoms with Crippen molar-refractivity contribution in [3.63, 3.8) is 0 Å². The van der Waals surface area contributed by atoms with Crippen molar-refractivity contribution >= 4 is 0 Å². The highest BCUT2D eigenvalue weighted by Crippen LogP contribution is 2.14. The molecule has 0 aliphatic rings. The monoisotopic (exact) mass is 331 g/mol. The SMILES string of the molecule is Cc1cccc(CN(Cc2ccccc2)Cc2ccc(CN)cc2)n1. The molecule has 0 saturated heterocycles. The van der Waals surface area contributed by atoms with Crippen molar-refractivity contribution in [2.45, 2.75) is 33.1 Å². The van der Waals surface area contributed by atoms with E-state index in [1.165, 1.54) is 16.7 Å². The third kappa shape index (κ3) is 5.24. The molecule has 0 unspecified atom stereocenters. The molecule has 0 radical (unpaired) electrons. The molecule has 0 saturated carbocycles. The van der Waals surface area contributed by atoms with E-state index in [0.717, 1.165) is 31.0 Å². The fourth-order valence-corrected chi connectivity index (χ4v) is 2.96. The summed E-state index contributed by atoms with van der Waals surface area (Å²) in [5.41, 5.74) is 11.6. The minimum Gasteiger partial charge on any atom is -0.326 e. The molecule has 3 heteroatoms. The zero-order chi connectivity index (χ0) is 17.5. The summed E-state index contributed by atoms with van der Waals surface area (Å²) in [5.74, 6) is 0. The van der Waals surface area contributed by atoms with E-state index in [1.807, 2.05) is 13.0 Å². The average Bonchev–Trinajstić information content (AvgIpc) is 2.63. The van der Waals surface area contributed by atoms with Crippen LogP contribution in [0.2, 0.25) is 0 Å². The first-order chi connectivity index (χ1) is 12.2. The van der Waals surface area contributed by atoms with Gasteiger partial charge in [0.25, 0.3) is 0 Å². The van der Waals surface area contributed by atoms with Crippen molar-refractivity contribution in [2.24, 2.45) is 5.73 Å². The Balaban J connectivity index is 1.77. The quantitative estimate of drug-likeness (QED) is 0.710. The van der Waals surface area contributed by atoms with Crippen LogP contribution in [0.3, 0.4) is 0 Å².